The number of thiophene rings is 2. The van der Waals surface area contributed by atoms with Gasteiger partial charge in [0.05, 0.1) is 10.2 Å². The molecule has 2 heterocycles. The zero-order chi connectivity index (χ0) is 9.97. The summed E-state index contributed by atoms with van der Waals surface area (Å²) in [6.45, 7) is 0. The molecule has 1 nitrogen and oxygen atoms in total. The SMILES string of the molecule is O=C(CBr)c1ccc(-c2cccs2)s1. The molecule has 0 fully saturated rings. The Bertz CT molecular complexity index is 431. The Morgan fingerprint density at radius 1 is 1.29 bits per heavy atom. The molecule has 0 N–H and O–H groups in total. The van der Waals surface area contributed by atoms with Gasteiger partial charge in [-0.2, -0.15) is 0 Å². The minimum atomic E-state index is 0.151. The number of Topliss-reactive ketones (excluding diaryl/α,β-unsaturated/α-hetero) is 1. The van der Waals surface area contributed by atoms with E-state index in [1.54, 1.807) is 22.7 Å². The Balaban J connectivity index is 2.31. The second kappa shape index (κ2) is 4.38. The van der Waals surface area contributed by atoms with Gasteiger partial charge >= 0.3 is 0 Å². The predicted octanol–water partition coefficient (Wildman–Crippen LogP) is 4.05. The van der Waals surface area contributed by atoms with E-state index in [1.165, 1.54) is 9.75 Å². The number of ketones is 1. The largest absolute Gasteiger partial charge is 0.292 e. The molecule has 2 aromatic heterocycles. The summed E-state index contributed by atoms with van der Waals surface area (Å²) < 4.78 is 0. The fraction of sp³-hybridized carbons (Fsp3) is 0.100. The van der Waals surface area contributed by atoms with Crippen LogP contribution in [0.3, 0.4) is 0 Å². The maximum Gasteiger partial charge on any atom is 0.183 e. The molecule has 14 heavy (non-hydrogen) atoms. The molecule has 0 aliphatic carbocycles. The first-order valence-electron chi connectivity index (χ1n) is 4.04. The number of hydrogen-bond donors (Lipinski definition) is 0. The van der Waals surface area contributed by atoms with Gasteiger partial charge in [-0.3, -0.25) is 4.79 Å². The lowest BCUT2D eigenvalue weighted by Gasteiger charge is -1.89. The van der Waals surface area contributed by atoms with E-state index in [0.717, 1.165) is 4.88 Å². The molecule has 72 valence electrons. The van der Waals surface area contributed by atoms with E-state index >= 15 is 0 Å². The number of carbonyl (C=O) groups excluding carboxylic acids is 1. The van der Waals surface area contributed by atoms with Gasteiger partial charge in [-0.25, -0.2) is 0 Å². The number of halogens is 1. The van der Waals surface area contributed by atoms with Gasteiger partial charge in [-0.05, 0) is 23.6 Å². The summed E-state index contributed by atoms with van der Waals surface area (Å²) in [4.78, 5) is 14.6. The zero-order valence-corrected chi connectivity index (χ0v) is 10.4. The quantitative estimate of drug-likeness (QED) is 0.614. The standard InChI is InChI=1S/C10H7BrOS2/c11-6-7(12)8-3-4-10(14-8)9-2-1-5-13-9/h1-5H,6H2. The summed E-state index contributed by atoms with van der Waals surface area (Å²) in [5, 5.41) is 2.44. The average Bonchev–Trinajstić information content (AvgIpc) is 2.86. The normalized spacial score (nSPS) is 10.4. The number of rotatable bonds is 3. The maximum atomic E-state index is 11.4. The lowest BCUT2D eigenvalue weighted by atomic mass is 10.3. The van der Waals surface area contributed by atoms with E-state index < -0.39 is 0 Å². The van der Waals surface area contributed by atoms with Crippen molar-refractivity contribution in [2.24, 2.45) is 0 Å². The maximum absolute atomic E-state index is 11.4. The minimum Gasteiger partial charge on any atom is -0.292 e. The summed E-state index contributed by atoms with van der Waals surface area (Å²) in [5.41, 5.74) is 0. The lowest BCUT2D eigenvalue weighted by Crippen LogP contribution is -1.94. The minimum absolute atomic E-state index is 0.151. The average molecular weight is 287 g/mol. The van der Waals surface area contributed by atoms with Gasteiger partial charge in [0.25, 0.3) is 0 Å². The second-order valence-corrected chi connectivity index (χ2v) is 5.29. The Morgan fingerprint density at radius 3 is 2.79 bits per heavy atom. The van der Waals surface area contributed by atoms with Crippen LogP contribution in [0.25, 0.3) is 9.75 Å². The lowest BCUT2D eigenvalue weighted by molar-refractivity contribution is 0.102. The highest BCUT2D eigenvalue weighted by atomic mass is 79.9. The summed E-state index contributed by atoms with van der Waals surface area (Å²) >= 11 is 6.42. The van der Waals surface area contributed by atoms with Crippen LogP contribution < -0.4 is 0 Å². The fourth-order valence-corrected chi connectivity index (χ4v) is 3.37. The third-order valence-corrected chi connectivity index (χ3v) is 4.47. The Morgan fingerprint density at radius 2 is 2.14 bits per heavy atom. The molecule has 2 aromatic rings. The molecular weight excluding hydrogens is 280 g/mol. The van der Waals surface area contributed by atoms with E-state index in [2.05, 4.69) is 22.0 Å². The van der Waals surface area contributed by atoms with Crippen molar-refractivity contribution < 1.29 is 4.79 Å². The first kappa shape index (κ1) is 10.1. The number of carbonyl (C=O) groups is 1. The number of hydrogen-bond acceptors (Lipinski definition) is 3. The van der Waals surface area contributed by atoms with Crippen molar-refractivity contribution in [1.29, 1.82) is 0 Å². The number of alkyl halides is 1. The second-order valence-electron chi connectivity index (χ2n) is 2.70. The van der Waals surface area contributed by atoms with Gasteiger partial charge in [0.2, 0.25) is 0 Å². The highest BCUT2D eigenvalue weighted by Crippen LogP contribution is 2.31. The van der Waals surface area contributed by atoms with Crippen LogP contribution in [-0.4, -0.2) is 11.1 Å². The van der Waals surface area contributed by atoms with E-state index in [4.69, 9.17) is 0 Å². The topological polar surface area (TPSA) is 17.1 Å². The van der Waals surface area contributed by atoms with Gasteiger partial charge in [0.1, 0.15) is 0 Å². The van der Waals surface area contributed by atoms with Gasteiger partial charge < -0.3 is 0 Å². The Hall–Kier alpha value is -0.450. The van der Waals surface area contributed by atoms with E-state index in [0.29, 0.717) is 5.33 Å². The molecule has 0 unspecified atom stereocenters. The molecule has 0 amide bonds. The molecule has 2 rings (SSSR count). The van der Waals surface area contributed by atoms with Crippen LogP contribution in [0, 0.1) is 0 Å². The molecule has 0 aliphatic heterocycles. The molecule has 0 aromatic carbocycles. The summed E-state index contributed by atoms with van der Waals surface area (Å²) in [7, 11) is 0. The van der Waals surface area contributed by atoms with Crippen molar-refractivity contribution in [3.63, 3.8) is 0 Å². The molecule has 0 radical (unpaired) electrons. The first-order chi connectivity index (χ1) is 6.81. The molecule has 0 aliphatic rings. The van der Waals surface area contributed by atoms with Crippen molar-refractivity contribution in [3.8, 4) is 9.75 Å². The van der Waals surface area contributed by atoms with Gasteiger partial charge in [0.15, 0.2) is 5.78 Å². The summed E-state index contributed by atoms with van der Waals surface area (Å²) in [6, 6.07) is 7.99. The smallest absolute Gasteiger partial charge is 0.183 e. The summed E-state index contributed by atoms with van der Waals surface area (Å²) in [5.74, 6) is 0.151. The van der Waals surface area contributed by atoms with Crippen molar-refractivity contribution in [3.05, 3.63) is 34.5 Å². The molecule has 0 spiro atoms. The molecule has 4 heteroatoms. The molecule has 0 atom stereocenters. The van der Waals surface area contributed by atoms with Crippen molar-refractivity contribution >= 4 is 44.4 Å². The monoisotopic (exact) mass is 286 g/mol. The third-order valence-electron chi connectivity index (χ3n) is 1.77. The van der Waals surface area contributed by atoms with Crippen molar-refractivity contribution in [2.75, 3.05) is 5.33 Å². The van der Waals surface area contributed by atoms with E-state index in [1.807, 2.05) is 23.6 Å². The van der Waals surface area contributed by atoms with Gasteiger partial charge in [0, 0.05) is 9.75 Å². The zero-order valence-electron chi connectivity index (χ0n) is 7.20. The highest BCUT2D eigenvalue weighted by Gasteiger charge is 2.08. The fourth-order valence-electron chi connectivity index (χ4n) is 1.10. The van der Waals surface area contributed by atoms with Gasteiger partial charge in [-0.1, -0.05) is 22.0 Å². The Kier molecular flexibility index (Phi) is 3.15. The van der Waals surface area contributed by atoms with Crippen LogP contribution in [-0.2, 0) is 0 Å². The van der Waals surface area contributed by atoms with E-state index in [-0.39, 0.29) is 5.78 Å². The van der Waals surface area contributed by atoms with Crippen LogP contribution in [0.15, 0.2) is 29.6 Å². The highest BCUT2D eigenvalue weighted by molar-refractivity contribution is 9.09. The predicted molar refractivity (Wildman–Crippen MR) is 65.8 cm³/mol. The Labute approximate surface area is 98.5 Å². The van der Waals surface area contributed by atoms with Crippen LogP contribution in [0.5, 0.6) is 0 Å². The van der Waals surface area contributed by atoms with Crippen LogP contribution in [0.1, 0.15) is 9.67 Å². The third kappa shape index (κ3) is 1.97. The van der Waals surface area contributed by atoms with Crippen LogP contribution in [0.4, 0.5) is 0 Å². The molecule has 0 saturated heterocycles. The van der Waals surface area contributed by atoms with Crippen molar-refractivity contribution in [1.82, 2.24) is 0 Å². The van der Waals surface area contributed by atoms with Crippen molar-refractivity contribution in [2.45, 2.75) is 0 Å². The summed E-state index contributed by atoms with van der Waals surface area (Å²) in [6.07, 6.45) is 0. The first-order valence-corrected chi connectivity index (χ1v) is 6.86. The molecule has 0 bridgehead atoms. The van der Waals surface area contributed by atoms with Crippen LogP contribution in [0.2, 0.25) is 0 Å². The molecular formula is C10H7BrOS2. The van der Waals surface area contributed by atoms with Gasteiger partial charge in [-0.15, -0.1) is 22.7 Å². The molecule has 0 saturated carbocycles. The van der Waals surface area contributed by atoms with E-state index in [9.17, 15) is 4.79 Å². The van der Waals surface area contributed by atoms with Crippen LogP contribution >= 0.6 is 38.6 Å².